The predicted octanol–water partition coefficient (Wildman–Crippen LogP) is 2.32. The van der Waals surface area contributed by atoms with Crippen molar-refractivity contribution in [2.45, 2.75) is 0 Å². The minimum atomic E-state index is -0.472. The van der Waals surface area contributed by atoms with Crippen LogP contribution in [0.3, 0.4) is 0 Å². The first kappa shape index (κ1) is 14.9. The second-order valence-corrected chi connectivity index (χ2v) is 4.96. The number of hydrazine groups is 1. The summed E-state index contributed by atoms with van der Waals surface area (Å²) in [6.45, 7) is 0. The molecular formula is C15H12BrN3O2. The molecule has 0 bridgehead atoms. The summed E-state index contributed by atoms with van der Waals surface area (Å²) in [7, 11) is 0. The van der Waals surface area contributed by atoms with Crippen LogP contribution >= 0.6 is 15.9 Å². The molecule has 0 aliphatic carbocycles. The molecule has 0 radical (unpaired) electrons. The fraction of sp³-hybridized carbons (Fsp3) is 0. The summed E-state index contributed by atoms with van der Waals surface area (Å²) in [5.41, 5.74) is 5.67. The minimum Gasteiger partial charge on any atom is -0.268 e. The van der Waals surface area contributed by atoms with E-state index in [-0.39, 0.29) is 5.69 Å². The van der Waals surface area contributed by atoms with Gasteiger partial charge in [0.05, 0.1) is 0 Å². The Morgan fingerprint density at radius 1 is 1.10 bits per heavy atom. The molecule has 106 valence electrons. The van der Waals surface area contributed by atoms with Gasteiger partial charge >= 0.3 is 0 Å². The molecule has 5 nitrogen and oxygen atoms in total. The molecule has 0 saturated heterocycles. The molecule has 2 rings (SSSR count). The van der Waals surface area contributed by atoms with Gasteiger partial charge in [-0.05, 0) is 35.9 Å². The molecule has 0 spiro atoms. The van der Waals surface area contributed by atoms with E-state index < -0.39 is 11.8 Å². The number of amides is 2. The van der Waals surface area contributed by atoms with Gasteiger partial charge in [0.25, 0.3) is 11.8 Å². The van der Waals surface area contributed by atoms with Crippen LogP contribution in [0, 0.1) is 0 Å². The van der Waals surface area contributed by atoms with Crippen LogP contribution in [0.15, 0.2) is 59.2 Å². The highest BCUT2D eigenvalue weighted by molar-refractivity contribution is 9.10. The lowest BCUT2D eigenvalue weighted by Crippen LogP contribution is -2.41. The third-order valence-corrected chi connectivity index (χ3v) is 2.97. The first-order chi connectivity index (χ1) is 10.1. The quantitative estimate of drug-likeness (QED) is 0.662. The van der Waals surface area contributed by atoms with Crippen LogP contribution in [0.5, 0.6) is 0 Å². The van der Waals surface area contributed by atoms with Crippen LogP contribution in [0.4, 0.5) is 0 Å². The Morgan fingerprint density at radius 3 is 2.67 bits per heavy atom. The normalized spacial score (nSPS) is 10.3. The van der Waals surface area contributed by atoms with Crippen LogP contribution in [0.2, 0.25) is 0 Å². The number of halogens is 1. The van der Waals surface area contributed by atoms with Crippen molar-refractivity contribution in [3.63, 3.8) is 0 Å². The lowest BCUT2D eigenvalue weighted by atomic mass is 10.2. The first-order valence-electron chi connectivity index (χ1n) is 6.10. The van der Waals surface area contributed by atoms with Crippen molar-refractivity contribution in [1.29, 1.82) is 0 Å². The Kier molecular flexibility index (Phi) is 5.22. The summed E-state index contributed by atoms with van der Waals surface area (Å²) in [6.07, 6.45) is 4.48. The van der Waals surface area contributed by atoms with Crippen molar-refractivity contribution in [3.8, 4) is 0 Å². The van der Waals surface area contributed by atoms with E-state index in [2.05, 4.69) is 31.8 Å². The number of nitrogens with one attached hydrogen (secondary N) is 2. The van der Waals surface area contributed by atoms with Crippen LogP contribution in [-0.2, 0) is 4.79 Å². The zero-order chi connectivity index (χ0) is 15.1. The van der Waals surface area contributed by atoms with Crippen LogP contribution in [0.1, 0.15) is 16.1 Å². The molecule has 2 amide bonds. The number of carbonyl (C=O) groups excluding carboxylic acids is 2. The van der Waals surface area contributed by atoms with E-state index in [0.717, 1.165) is 10.0 Å². The van der Waals surface area contributed by atoms with Gasteiger partial charge in [0.1, 0.15) is 5.69 Å². The number of rotatable bonds is 3. The van der Waals surface area contributed by atoms with Crippen molar-refractivity contribution < 1.29 is 9.59 Å². The Bertz CT molecular complexity index is 672. The number of aromatic nitrogens is 1. The Labute approximate surface area is 130 Å². The Balaban J connectivity index is 1.86. The largest absolute Gasteiger partial charge is 0.288 e. The van der Waals surface area contributed by atoms with Crippen molar-refractivity contribution >= 4 is 33.8 Å². The van der Waals surface area contributed by atoms with Crippen molar-refractivity contribution in [3.05, 3.63) is 70.5 Å². The summed E-state index contributed by atoms with van der Waals surface area (Å²) >= 11 is 3.35. The van der Waals surface area contributed by atoms with Gasteiger partial charge in [-0.2, -0.15) is 0 Å². The Hall–Kier alpha value is -2.47. The smallest absolute Gasteiger partial charge is 0.268 e. The average Bonchev–Trinajstić information content (AvgIpc) is 2.51. The zero-order valence-corrected chi connectivity index (χ0v) is 12.5. The second kappa shape index (κ2) is 7.35. The molecule has 0 aliphatic heterocycles. The molecule has 0 fully saturated rings. The second-order valence-electron chi connectivity index (χ2n) is 4.05. The number of pyridine rings is 1. The molecule has 0 atom stereocenters. The lowest BCUT2D eigenvalue weighted by molar-refractivity contribution is -0.117. The van der Waals surface area contributed by atoms with Crippen LogP contribution in [-0.4, -0.2) is 16.8 Å². The standard InChI is InChI=1S/C15H12BrN3O2/c16-12-5-3-4-11(10-12)7-8-14(20)18-19-15(21)13-6-1-2-9-17-13/h1-10H,(H,18,20)(H,19,21)/b8-7+. The summed E-state index contributed by atoms with van der Waals surface area (Å²) in [5.74, 6) is -0.904. The maximum atomic E-state index is 11.6. The summed E-state index contributed by atoms with van der Waals surface area (Å²) < 4.78 is 0.925. The Morgan fingerprint density at radius 2 is 1.95 bits per heavy atom. The van der Waals surface area contributed by atoms with E-state index in [9.17, 15) is 9.59 Å². The third-order valence-electron chi connectivity index (χ3n) is 2.47. The van der Waals surface area contributed by atoms with E-state index in [4.69, 9.17) is 0 Å². The van der Waals surface area contributed by atoms with Crippen molar-refractivity contribution in [2.75, 3.05) is 0 Å². The molecule has 1 heterocycles. The van der Waals surface area contributed by atoms with E-state index in [0.29, 0.717) is 0 Å². The monoisotopic (exact) mass is 345 g/mol. The van der Waals surface area contributed by atoms with Gasteiger partial charge in [-0.15, -0.1) is 0 Å². The molecule has 0 unspecified atom stereocenters. The predicted molar refractivity (Wildman–Crippen MR) is 83.0 cm³/mol. The van der Waals surface area contributed by atoms with Gasteiger partial charge in [0.15, 0.2) is 0 Å². The van der Waals surface area contributed by atoms with E-state index >= 15 is 0 Å². The zero-order valence-electron chi connectivity index (χ0n) is 10.9. The number of hydrogen-bond donors (Lipinski definition) is 2. The topological polar surface area (TPSA) is 71.1 Å². The molecular weight excluding hydrogens is 334 g/mol. The molecule has 2 aromatic rings. The highest BCUT2D eigenvalue weighted by atomic mass is 79.9. The summed E-state index contributed by atoms with van der Waals surface area (Å²) in [6, 6.07) is 12.4. The molecule has 1 aromatic heterocycles. The average molecular weight is 346 g/mol. The highest BCUT2D eigenvalue weighted by Crippen LogP contribution is 2.12. The number of benzene rings is 1. The fourth-order valence-corrected chi connectivity index (χ4v) is 1.92. The van der Waals surface area contributed by atoms with Gasteiger partial charge in [0, 0.05) is 16.7 Å². The molecule has 2 N–H and O–H groups in total. The maximum Gasteiger partial charge on any atom is 0.288 e. The summed E-state index contributed by atoms with van der Waals surface area (Å²) in [5, 5.41) is 0. The van der Waals surface area contributed by atoms with Gasteiger partial charge in [-0.3, -0.25) is 25.4 Å². The van der Waals surface area contributed by atoms with E-state index in [1.54, 1.807) is 24.3 Å². The van der Waals surface area contributed by atoms with Crippen molar-refractivity contribution in [1.82, 2.24) is 15.8 Å². The fourth-order valence-electron chi connectivity index (χ4n) is 1.50. The lowest BCUT2D eigenvalue weighted by Gasteiger charge is -2.04. The molecule has 0 saturated carbocycles. The van der Waals surface area contributed by atoms with E-state index in [1.807, 2.05) is 24.3 Å². The first-order valence-corrected chi connectivity index (χ1v) is 6.89. The van der Waals surface area contributed by atoms with Gasteiger partial charge in [-0.1, -0.05) is 34.1 Å². The van der Waals surface area contributed by atoms with Gasteiger partial charge < -0.3 is 0 Å². The number of carbonyl (C=O) groups is 2. The number of nitrogens with zero attached hydrogens (tertiary/aromatic N) is 1. The van der Waals surface area contributed by atoms with Gasteiger partial charge in [0.2, 0.25) is 0 Å². The van der Waals surface area contributed by atoms with Crippen LogP contribution < -0.4 is 10.9 Å². The van der Waals surface area contributed by atoms with Crippen LogP contribution in [0.25, 0.3) is 6.08 Å². The number of hydrogen-bond acceptors (Lipinski definition) is 3. The molecule has 1 aromatic carbocycles. The third kappa shape index (κ3) is 4.85. The SMILES string of the molecule is O=C(/C=C/c1cccc(Br)c1)NNC(=O)c1ccccn1. The minimum absolute atomic E-state index is 0.230. The molecule has 6 heteroatoms. The molecule has 21 heavy (non-hydrogen) atoms. The van der Waals surface area contributed by atoms with Crippen molar-refractivity contribution in [2.24, 2.45) is 0 Å². The molecule has 0 aliphatic rings. The van der Waals surface area contributed by atoms with Gasteiger partial charge in [-0.25, -0.2) is 0 Å². The van der Waals surface area contributed by atoms with E-state index in [1.165, 1.54) is 12.3 Å². The highest BCUT2D eigenvalue weighted by Gasteiger charge is 2.05. The summed E-state index contributed by atoms with van der Waals surface area (Å²) in [4.78, 5) is 27.1. The maximum absolute atomic E-state index is 11.6.